The summed E-state index contributed by atoms with van der Waals surface area (Å²) in [6.07, 6.45) is 7.39. The molecule has 10 heteroatoms. The van der Waals surface area contributed by atoms with Crippen molar-refractivity contribution < 1.29 is 24.2 Å². The number of aromatic nitrogens is 4. The molecule has 0 unspecified atom stereocenters. The Morgan fingerprint density at radius 2 is 1.81 bits per heavy atom. The fourth-order valence-electron chi connectivity index (χ4n) is 7.16. The number of aromatic carboxylic acids is 1. The Kier molecular flexibility index (Phi) is 8.60. The molecule has 4 heterocycles. The van der Waals surface area contributed by atoms with Crippen LogP contribution in [0.4, 0.5) is 0 Å². The van der Waals surface area contributed by atoms with Gasteiger partial charge >= 0.3 is 12.0 Å². The van der Waals surface area contributed by atoms with Gasteiger partial charge in [0, 0.05) is 35.6 Å². The lowest BCUT2D eigenvalue weighted by Gasteiger charge is -2.28. The van der Waals surface area contributed by atoms with Gasteiger partial charge in [-0.15, -0.1) is 0 Å². The van der Waals surface area contributed by atoms with Crippen molar-refractivity contribution in [3.8, 4) is 28.5 Å². The molecule has 7 rings (SSSR count). The molecule has 3 aromatic heterocycles. The molecule has 1 aliphatic carbocycles. The Labute approximate surface area is 273 Å². The number of carboxylic acid groups (broad SMARTS) is 1. The maximum Gasteiger partial charge on any atom is 0.335 e. The SMILES string of the molecule is CCOc1ncc(-c2ccc3cc(-c4c(C5CCCCC5)c5ccc(C(=O)O)cc5n4CC(=O)N4CCOCC4)ccc3n2)c(C)n1. The van der Waals surface area contributed by atoms with Crippen molar-refractivity contribution in [2.24, 2.45) is 0 Å². The van der Waals surface area contributed by atoms with E-state index >= 15 is 0 Å². The van der Waals surface area contributed by atoms with Crippen LogP contribution >= 0.6 is 0 Å². The molecule has 1 saturated heterocycles. The highest BCUT2D eigenvalue weighted by Crippen LogP contribution is 2.45. The van der Waals surface area contributed by atoms with Crippen molar-refractivity contribution in [2.75, 3.05) is 32.9 Å². The van der Waals surface area contributed by atoms with Crippen LogP contribution < -0.4 is 4.74 Å². The number of aryl methyl sites for hydroxylation is 1. The van der Waals surface area contributed by atoms with E-state index in [1.54, 1.807) is 18.3 Å². The second-order valence-electron chi connectivity index (χ2n) is 12.4. The molecule has 242 valence electrons. The molecule has 1 saturated carbocycles. The number of pyridine rings is 1. The number of benzene rings is 2. The van der Waals surface area contributed by atoms with Crippen molar-refractivity contribution >= 4 is 33.7 Å². The van der Waals surface area contributed by atoms with E-state index < -0.39 is 5.97 Å². The fourth-order valence-corrected chi connectivity index (χ4v) is 7.16. The average molecular weight is 634 g/mol. The maximum atomic E-state index is 13.8. The number of carbonyl (C=O) groups excluding carboxylic acids is 1. The average Bonchev–Trinajstić information content (AvgIpc) is 3.42. The Hall–Kier alpha value is -4.83. The van der Waals surface area contributed by atoms with E-state index in [0.717, 1.165) is 75.7 Å². The topological polar surface area (TPSA) is 120 Å². The Balaban J connectivity index is 1.37. The summed E-state index contributed by atoms with van der Waals surface area (Å²) in [6, 6.07) is 16.0. The third-order valence-corrected chi connectivity index (χ3v) is 9.49. The molecule has 2 fully saturated rings. The van der Waals surface area contributed by atoms with Gasteiger partial charge in [0.2, 0.25) is 5.91 Å². The van der Waals surface area contributed by atoms with Gasteiger partial charge in [-0.3, -0.25) is 4.79 Å². The quantitative estimate of drug-likeness (QED) is 0.202. The number of hydrogen-bond acceptors (Lipinski definition) is 7. The van der Waals surface area contributed by atoms with Crippen LogP contribution in [-0.4, -0.2) is 74.3 Å². The third kappa shape index (κ3) is 6.05. The van der Waals surface area contributed by atoms with Gasteiger partial charge in [-0.25, -0.2) is 14.8 Å². The van der Waals surface area contributed by atoms with Crippen LogP contribution in [-0.2, 0) is 16.1 Å². The van der Waals surface area contributed by atoms with Crippen molar-refractivity contribution in [3.05, 3.63) is 71.5 Å². The van der Waals surface area contributed by atoms with Crippen molar-refractivity contribution in [3.63, 3.8) is 0 Å². The summed E-state index contributed by atoms with van der Waals surface area (Å²) in [5, 5.41) is 11.9. The van der Waals surface area contributed by atoms with Gasteiger partial charge in [0.25, 0.3) is 0 Å². The molecular weight excluding hydrogens is 594 g/mol. The third-order valence-electron chi connectivity index (χ3n) is 9.49. The second-order valence-corrected chi connectivity index (χ2v) is 12.4. The number of carboxylic acids is 1. The molecule has 1 amide bonds. The molecule has 0 radical (unpaired) electrons. The lowest BCUT2D eigenvalue weighted by molar-refractivity contribution is -0.135. The minimum atomic E-state index is -0.985. The minimum Gasteiger partial charge on any atom is -0.478 e. The first kappa shape index (κ1) is 30.8. The molecule has 1 N–H and O–H groups in total. The van der Waals surface area contributed by atoms with Gasteiger partial charge in [0.1, 0.15) is 6.54 Å². The Morgan fingerprint density at radius 3 is 2.55 bits per heavy atom. The summed E-state index contributed by atoms with van der Waals surface area (Å²) in [4.78, 5) is 41.5. The van der Waals surface area contributed by atoms with E-state index in [2.05, 4.69) is 32.7 Å². The smallest absolute Gasteiger partial charge is 0.335 e. The van der Waals surface area contributed by atoms with Crippen LogP contribution in [0, 0.1) is 6.92 Å². The van der Waals surface area contributed by atoms with Gasteiger partial charge in [0.15, 0.2) is 0 Å². The molecule has 2 aromatic carbocycles. The molecular formula is C37H39N5O5. The number of fused-ring (bicyclic) bond motifs is 2. The number of morpholine rings is 1. The van der Waals surface area contributed by atoms with Crippen LogP contribution in [0.5, 0.6) is 6.01 Å². The van der Waals surface area contributed by atoms with E-state index in [4.69, 9.17) is 14.5 Å². The minimum absolute atomic E-state index is 0.00224. The number of hydrogen-bond donors (Lipinski definition) is 1. The van der Waals surface area contributed by atoms with Gasteiger partial charge in [-0.1, -0.05) is 37.5 Å². The molecule has 5 aromatic rings. The Morgan fingerprint density at radius 1 is 1.00 bits per heavy atom. The lowest BCUT2D eigenvalue weighted by atomic mass is 9.81. The van der Waals surface area contributed by atoms with E-state index in [9.17, 15) is 14.7 Å². The molecule has 2 aliphatic rings. The molecule has 0 bridgehead atoms. The van der Waals surface area contributed by atoms with Crippen molar-refractivity contribution in [1.82, 2.24) is 24.4 Å². The van der Waals surface area contributed by atoms with Crippen LogP contribution in [0.1, 0.15) is 66.6 Å². The summed E-state index contributed by atoms with van der Waals surface area (Å²) in [6.45, 7) is 6.57. The maximum absolute atomic E-state index is 13.8. The van der Waals surface area contributed by atoms with Gasteiger partial charge in [0.05, 0.1) is 53.5 Å². The summed E-state index contributed by atoms with van der Waals surface area (Å²) >= 11 is 0. The van der Waals surface area contributed by atoms with Crippen LogP contribution in [0.2, 0.25) is 0 Å². The summed E-state index contributed by atoms with van der Waals surface area (Å²) in [7, 11) is 0. The van der Waals surface area contributed by atoms with Crippen LogP contribution in [0.15, 0.2) is 54.7 Å². The van der Waals surface area contributed by atoms with E-state index in [0.29, 0.717) is 44.8 Å². The predicted octanol–water partition coefficient (Wildman–Crippen LogP) is 6.63. The number of ether oxygens (including phenoxy) is 2. The Bertz CT molecular complexity index is 1970. The predicted molar refractivity (Wildman–Crippen MR) is 180 cm³/mol. The first-order valence-electron chi connectivity index (χ1n) is 16.5. The highest BCUT2D eigenvalue weighted by molar-refractivity contribution is 6.00. The van der Waals surface area contributed by atoms with Gasteiger partial charge in [-0.2, -0.15) is 4.98 Å². The second kappa shape index (κ2) is 13.1. The van der Waals surface area contributed by atoms with Crippen LogP contribution in [0.25, 0.3) is 44.3 Å². The van der Waals surface area contributed by atoms with Crippen molar-refractivity contribution in [1.29, 1.82) is 0 Å². The summed E-state index contributed by atoms with van der Waals surface area (Å²) in [5.41, 5.74) is 7.40. The summed E-state index contributed by atoms with van der Waals surface area (Å²) < 4.78 is 13.0. The zero-order chi connectivity index (χ0) is 32.5. The standard InChI is InChI=1S/C37H39N5O5/c1-3-47-37-38-21-29(23(2)39-37)31-14-10-25-19-26(11-13-30(25)40-31)35-34(24-7-5-4-6-8-24)28-12-9-27(36(44)45)20-32(28)42(35)22-33(43)41-15-17-46-18-16-41/h9-14,19-21,24H,3-8,15-18,22H2,1-2H3,(H,44,45). The summed E-state index contributed by atoms with van der Waals surface area (Å²) in [5.74, 6) is -0.668. The van der Waals surface area contributed by atoms with E-state index in [-0.39, 0.29) is 18.0 Å². The normalized spacial score (nSPS) is 15.7. The zero-order valence-electron chi connectivity index (χ0n) is 26.9. The highest BCUT2D eigenvalue weighted by atomic mass is 16.5. The number of carbonyl (C=O) groups is 2. The molecule has 0 spiro atoms. The van der Waals surface area contributed by atoms with Gasteiger partial charge < -0.3 is 24.0 Å². The highest BCUT2D eigenvalue weighted by Gasteiger charge is 2.29. The number of rotatable bonds is 8. The molecule has 1 aliphatic heterocycles. The number of amides is 1. The lowest BCUT2D eigenvalue weighted by Crippen LogP contribution is -2.42. The van der Waals surface area contributed by atoms with Gasteiger partial charge in [-0.05, 0) is 74.1 Å². The van der Waals surface area contributed by atoms with Crippen molar-refractivity contribution in [2.45, 2.75) is 58.4 Å². The molecule has 10 nitrogen and oxygen atoms in total. The molecule has 0 atom stereocenters. The monoisotopic (exact) mass is 633 g/mol. The number of nitrogens with zero attached hydrogens (tertiary/aromatic N) is 5. The van der Waals surface area contributed by atoms with Crippen LogP contribution in [0.3, 0.4) is 0 Å². The fraction of sp³-hybridized carbons (Fsp3) is 0.378. The largest absolute Gasteiger partial charge is 0.478 e. The zero-order valence-corrected chi connectivity index (χ0v) is 26.9. The van der Waals surface area contributed by atoms with E-state index in [1.807, 2.05) is 36.9 Å². The first-order chi connectivity index (χ1) is 22.9. The van der Waals surface area contributed by atoms with E-state index in [1.165, 1.54) is 12.0 Å². The first-order valence-corrected chi connectivity index (χ1v) is 16.5. The molecule has 47 heavy (non-hydrogen) atoms.